The maximum absolute atomic E-state index is 12.5. The van der Waals surface area contributed by atoms with E-state index in [-0.39, 0.29) is 5.91 Å². The second kappa shape index (κ2) is 8.76. The molecule has 138 valence electrons. The van der Waals surface area contributed by atoms with Crippen LogP contribution in [0.4, 0.5) is 5.69 Å². The van der Waals surface area contributed by atoms with Crippen LogP contribution in [0.25, 0.3) is 0 Å². The summed E-state index contributed by atoms with van der Waals surface area (Å²) >= 11 is 0. The van der Waals surface area contributed by atoms with Gasteiger partial charge in [0.1, 0.15) is 23.9 Å². The lowest BCUT2D eigenvalue weighted by atomic mass is 10.1. The van der Waals surface area contributed by atoms with Crippen LogP contribution in [-0.2, 0) is 6.61 Å². The summed E-state index contributed by atoms with van der Waals surface area (Å²) in [4.78, 5) is 12.5. The molecule has 0 aromatic heterocycles. The topological polar surface area (TPSA) is 56.8 Å². The highest BCUT2D eigenvalue weighted by molar-refractivity contribution is 6.05. The summed E-state index contributed by atoms with van der Waals surface area (Å²) in [5.74, 6) is 1.79. The van der Waals surface area contributed by atoms with Gasteiger partial charge < -0.3 is 19.5 Å². The maximum atomic E-state index is 12.5. The predicted molar refractivity (Wildman–Crippen MR) is 105 cm³/mol. The zero-order valence-electron chi connectivity index (χ0n) is 15.3. The molecule has 0 aliphatic heterocycles. The van der Waals surface area contributed by atoms with Crippen molar-refractivity contribution in [2.24, 2.45) is 0 Å². The molecule has 3 aromatic carbocycles. The molecule has 0 spiro atoms. The first kappa shape index (κ1) is 18.3. The van der Waals surface area contributed by atoms with E-state index in [0.29, 0.717) is 29.4 Å². The van der Waals surface area contributed by atoms with Gasteiger partial charge in [-0.15, -0.1) is 0 Å². The molecular weight excluding hydrogens is 342 g/mol. The Morgan fingerprint density at radius 3 is 2.26 bits per heavy atom. The van der Waals surface area contributed by atoms with E-state index in [9.17, 15) is 4.79 Å². The number of rotatable bonds is 7. The van der Waals surface area contributed by atoms with Crippen molar-refractivity contribution in [1.82, 2.24) is 0 Å². The van der Waals surface area contributed by atoms with Crippen molar-refractivity contribution in [3.8, 4) is 17.2 Å². The molecule has 0 saturated heterocycles. The summed E-state index contributed by atoms with van der Waals surface area (Å²) in [6.45, 7) is 0.443. The van der Waals surface area contributed by atoms with Gasteiger partial charge in [0.25, 0.3) is 5.91 Å². The molecule has 27 heavy (non-hydrogen) atoms. The van der Waals surface area contributed by atoms with Gasteiger partial charge in [-0.1, -0.05) is 30.3 Å². The average molecular weight is 363 g/mol. The quantitative estimate of drug-likeness (QED) is 0.670. The molecule has 5 nitrogen and oxygen atoms in total. The Bertz CT molecular complexity index is 892. The van der Waals surface area contributed by atoms with Crippen LogP contribution >= 0.6 is 0 Å². The zero-order chi connectivity index (χ0) is 19.1. The monoisotopic (exact) mass is 363 g/mol. The first-order valence-electron chi connectivity index (χ1n) is 8.50. The Kier molecular flexibility index (Phi) is 5.94. The third-order valence-electron chi connectivity index (χ3n) is 4.02. The molecule has 1 amide bonds. The van der Waals surface area contributed by atoms with E-state index in [1.54, 1.807) is 44.6 Å². The molecule has 3 rings (SSSR count). The second-order valence-electron chi connectivity index (χ2n) is 5.82. The van der Waals surface area contributed by atoms with Gasteiger partial charge >= 0.3 is 0 Å². The number of hydrogen-bond donors (Lipinski definition) is 1. The molecular formula is C22H21NO4. The number of hydrogen-bond acceptors (Lipinski definition) is 4. The Morgan fingerprint density at radius 2 is 1.59 bits per heavy atom. The molecule has 0 fully saturated rings. The van der Waals surface area contributed by atoms with Crippen LogP contribution in [0.5, 0.6) is 17.2 Å². The number of benzene rings is 3. The van der Waals surface area contributed by atoms with Crippen LogP contribution in [-0.4, -0.2) is 20.1 Å². The van der Waals surface area contributed by atoms with E-state index in [0.717, 1.165) is 11.3 Å². The third-order valence-corrected chi connectivity index (χ3v) is 4.02. The van der Waals surface area contributed by atoms with Crippen molar-refractivity contribution < 1.29 is 19.0 Å². The average Bonchev–Trinajstić information content (AvgIpc) is 2.73. The summed E-state index contributed by atoms with van der Waals surface area (Å²) in [6.07, 6.45) is 0. The van der Waals surface area contributed by atoms with Crippen molar-refractivity contribution in [2.75, 3.05) is 19.5 Å². The van der Waals surface area contributed by atoms with Crippen molar-refractivity contribution in [1.29, 1.82) is 0 Å². The van der Waals surface area contributed by atoms with Gasteiger partial charge in [0.05, 0.1) is 19.9 Å². The van der Waals surface area contributed by atoms with Crippen LogP contribution < -0.4 is 19.5 Å². The lowest BCUT2D eigenvalue weighted by molar-refractivity contribution is 0.102. The highest BCUT2D eigenvalue weighted by Gasteiger charge is 2.11. The highest BCUT2D eigenvalue weighted by atomic mass is 16.5. The van der Waals surface area contributed by atoms with Gasteiger partial charge in [0.2, 0.25) is 0 Å². The van der Waals surface area contributed by atoms with Gasteiger partial charge in [-0.05, 0) is 42.0 Å². The Hall–Kier alpha value is -3.47. The number of amides is 1. The van der Waals surface area contributed by atoms with E-state index in [2.05, 4.69) is 5.32 Å². The number of para-hydroxylation sites is 1. The summed E-state index contributed by atoms with van der Waals surface area (Å²) in [6, 6.07) is 22.1. The molecule has 0 atom stereocenters. The lowest BCUT2D eigenvalue weighted by Gasteiger charge is -2.12. The SMILES string of the molecule is COc1ccc(NC(=O)c2ccc(COc3ccccc3)cc2)c(OC)c1. The molecule has 0 aliphatic rings. The molecule has 5 heteroatoms. The minimum atomic E-state index is -0.214. The fraction of sp³-hybridized carbons (Fsp3) is 0.136. The number of carbonyl (C=O) groups is 1. The van der Waals surface area contributed by atoms with Gasteiger partial charge in [0.15, 0.2) is 0 Å². The van der Waals surface area contributed by atoms with Crippen molar-refractivity contribution in [3.63, 3.8) is 0 Å². The van der Waals surface area contributed by atoms with Crippen LogP contribution in [0.2, 0.25) is 0 Å². The molecule has 0 heterocycles. The zero-order valence-corrected chi connectivity index (χ0v) is 15.3. The lowest BCUT2D eigenvalue weighted by Crippen LogP contribution is -2.12. The number of nitrogens with one attached hydrogen (secondary N) is 1. The van der Waals surface area contributed by atoms with Crippen LogP contribution in [0.15, 0.2) is 72.8 Å². The minimum Gasteiger partial charge on any atom is -0.497 e. The Labute approximate surface area is 158 Å². The number of ether oxygens (including phenoxy) is 3. The van der Waals surface area contributed by atoms with Crippen LogP contribution in [0.1, 0.15) is 15.9 Å². The normalized spacial score (nSPS) is 10.1. The molecule has 0 radical (unpaired) electrons. The summed E-state index contributed by atoms with van der Waals surface area (Å²) < 4.78 is 16.2. The van der Waals surface area contributed by atoms with Crippen molar-refractivity contribution in [3.05, 3.63) is 83.9 Å². The summed E-state index contributed by atoms with van der Waals surface area (Å²) in [5.41, 5.74) is 2.12. The Balaban J connectivity index is 1.64. The molecule has 0 aliphatic carbocycles. The van der Waals surface area contributed by atoms with E-state index >= 15 is 0 Å². The van der Waals surface area contributed by atoms with E-state index in [1.807, 2.05) is 42.5 Å². The van der Waals surface area contributed by atoms with Crippen molar-refractivity contribution in [2.45, 2.75) is 6.61 Å². The molecule has 3 aromatic rings. The highest BCUT2D eigenvalue weighted by Crippen LogP contribution is 2.29. The van der Waals surface area contributed by atoms with Crippen LogP contribution in [0, 0.1) is 0 Å². The van der Waals surface area contributed by atoms with E-state index in [4.69, 9.17) is 14.2 Å². The van der Waals surface area contributed by atoms with E-state index < -0.39 is 0 Å². The first-order chi connectivity index (χ1) is 13.2. The first-order valence-corrected chi connectivity index (χ1v) is 8.50. The Morgan fingerprint density at radius 1 is 0.852 bits per heavy atom. The molecule has 1 N–H and O–H groups in total. The fourth-order valence-electron chi connectivity index (χ4n) is 2.53. The van der Waals surface area contributed by atoms with E-state index in [1.165, 1.54) is 0 Å². The smallest absolute Gasteiger partial charge is 0.255 e. The third kappa shape index (κ3) is 4.79. The number of anilines is 1. The van der Waals surface area contributed by atoms with Crippen LogP contribution in [0.3, 0.4) is 0 Å². The standard InChI is InChI=1S/C22H21NO4/c1-25-19-12-13-20(21(14-19)26-2)23-22(24)17-10-8-16(9-11-17)15-27-18-6-4-3-5-7-18/h3-14H,15H2,1-2H3,(H,23,24). The minimum absolute atomic E-state index is 0.214. The summed E-state index contributed by atoms with van der Waals surface area (Å²) in [5, 5.41) is 2.86. The molecule has 0 saturated carbocycles. The molecule has 0 unspecified atom stereocenters. The number of methoxy groups -OCH3 is 2. The second-order valence-corrected chi connectivity index (χ2v) is 5.82. The maximum Gasteiger partial charge on any atom is 0.255 e. The predicted octanol–water partition coefficient (Wildman–Crippen LogP) is 4.54. The van der Waals surface area contributed by atoms with Gasteiger partial charge in [-0.3, -0.25) is 4.79 Å². The largest absolute Gasteiger partial charge is 0.497 e. The fourth-order valence-corrected chi connectivity index (χ4v) is 2.53. The van der Waals surface area contributed by atoms with Crippen molar-refractivity contribution >= 4 is 11.6 Å². The van der Waals surface area contributed by atoms with Gasteiger partial charge in [0, 0.05) is 11.6 Å². The molecule has 0 bridgehead atoms. The van der Waals surface area contributed by atoms with Gasteiger partial charge in [-0.25, -0.2) is 0 Å². The summed E-state index contributed by atoms with van der Waals surface area (Å²) in [7, 11) is 3.13. The number of carbonyl (C=O) groups excluding carboxylic acids is 1. The van der Waals surface area contributed by atoms with Gasteiger partial charge in [-0.2, -0.15) is 0 Å².